The Morgan fingerprint density at radius 3 is 2.55 bits per heavy atom. The van der Waals surface area contributed by atoms with Crippen LogP contribution in [-0.4, -0.2) is 13.7 Å². The fraction of sp³-hybridized carbons (Fsp3) is 0.647. The second kappa shape index (κ2) is 6.82. The second-order valence-corrected chi connectivity index (χ2v) is 6.24. The van der Waals surface area contributed by atoms with Crippen LogP contribution in [0, 0.1) is 5.41 Å². The van der Waals surface area contributed by atoms with Gasteiger partial charge in [0.15, 0.2) is 0 Å². The lowest BCUT2D eigenvalue weighted by atomic mass is 9.73. The molecule has 2 nitrogen and oxygen atoms in total. The Bertz CT molecular complexity index is 441. The van der Waals surface area contributed by atoms with Crippen molar-refractivity contribution in [2.75, 3.05) is 13.7 Å². The zero-order valence-corrected chi connectivity index (χ0v) is 13.6. The maximum absolute atomic E-state index is 6.23. The highest BCUT2D eigenvalue weighted by Crippen LogP contribution is 2.51. The molecule has 0 amide bonds. The molecular formula is C17H26ClNO. The van der Waals surface area contributed by atoms with Crippen molar-refractivity contribution in [1.82, 2.24) is 5.32 Å². The Labute approximate surface area is 127 Å². The molecule has 112 valence electrons. The smallest absolute Gasteiger partial charge is 0.123 e. The first-order valence-electron chi connectivity index (χ1n) is 7.73. The van der Waals surface area contributed by atoms with E-state index < -0.39 is 0 Å². The molecule has 1 unspecified atom stereocenters. The summed E-state index contributed by atoms with van der Waals surface area (Å²) in [5.74, 6) is 0.945. The van der Waals surface area contributed by atoms with Crippen molar-refractivity contribution in [3.8, 4) is 5.75 Å². The van der Waals surface area contributed by atoms with Gasteiger partial charge in [0.1, 0.15) is 5.75 Å². The summed E-state index contributed by atoms with van der Waals surface area (Å²) in [5, 5.41) is 4.48. The van der Waals surface area contributed by atoms with Gasteiger partial charge in [-0.1, -0.05) is 38.3 Å². The van der Waals surface area contributed by atoms with Gasteiger partial charge in [-0.15, -0.1) is 0 Å². The minimum absolute atomic E-state index is 0.327. The lowest BCUT2D eigenvalue weighted by Gasteiger charge is -2.38. The van der Waals surface area contributed by atoms with Crippen LogP contribution in [0.1, 0.15) is 57.6 Å². The van der Waals surface area contributed by atoms with E-state index in [4.69, 9.17) is 16.3 Å². The lowest BCUT2D eigenvalue weighted by molar-refractivity contribution is 0.185. The van der Waals surface area contributed by atoms with Crippen LogP contribution in [0.15, 0.2) is 18.2 Å². The molecule has 1 fully saturated rings. The summed E-state index contributed by atoms with van der Waals surface area (Å²) in [6.45, 7) is 5.44. The van der Waals surface area contributed by atoms with Crippen LogP contribution in [0.25, 0.3) is 0 Å². The number of hydrogen-bond donors (Lipinski definition) is 1. The number of ether oxygens (including phenoxy) is 1. The molecule has 1 aromatic carbocycles. The van der Waals surface area contributed by atoms with E-state index in [1.165, 1.54) is 37.7 Å². The Balaban J connectivity index is 2.44. The van der Waals surface area contributed by atoms with E-state index >= 15 is 0 Å². The Kier molecular flexibility index (Phi) is 5.34. The van der Waals surface area contributed by atoms with Crippen LogP contribution in [0.3, 0.4) is 0 Å². The molecule has 1 N–H and O–H groups in total. The first-order chi connectivity index (χ1) is 9.66. The van der Waals surface area contributed by atoms with Gasteiger partial charge < -0.3 is 10.1 Å². The van der Waals surface area contributed by atoms with Gasteiger partial charge in [0.05, 0.1) is 7.11 Å². The molecule has 2 rings (SSSR count). The van der Waals surface area contributed by atoms with Crippen LogP contribution < -0.4 is 10.1 Å². The van der Waals surface area contributed by atoms with Gasteiger partial charge in [-0.25, -0.2) is 0 Å². The minimum atomic E-state index is 0.327. The normalized spacial score (nSPS) is 19.0. The molecule has 0 heterocycles. The molecule has 1 atom stereocenters. The molecular weight excluding hydrogens is 270 g/mol. The maximum Gasteiger partial charge on any atom is 0.123 e. The van der Waals surface area contributed by atoms with Crippen molar-refractivity contribution >= 4 is 11.6 Å². The summed E-state index contributed by atoms with van der Waals surface area (Å²) in [5.41, 5.74) is 1.55. The van der Waals surface area contributed by atoms with Gasteiger partial charge in [-0.2, -0.15) is 0 Å². The average molecular weight is 296 g/mol. The van der Waals surface area contributed by atoms with Crippen molar-refractivity contribution in [3.05, 3.63) is 28.8 Å². The van der Waals surface area contributed by atoms with Gasteiger partial charge in [0.25, 0.3) is 0 Å². The van der Waals surface area contributed by atoms with Gasteiger partial charge >= 0.3 is 0 Å². The zero-order chi connectivity index (χ0) is 14.6. The second-order valence-electron chi connectivity index (χ2n) is 5.80. The van der Waals surface area contributed by atoms with E-state index in [1.54, 1.807) is 7.11 Å². The van der Waals surface area contributed by atoms with Gasteiger partial charge in [0.2, 0.25) is 0 Å². The molecule has 0 aromatic heterocycles. The van der Waals surface area contributed by atoms with Crippen molar-refractivity contribution < 1.29 is 4.74 Å². The predicted octanol–water partition coefficient (Wildman–Crippen LogP) is 4.97. The summed E-state index contributed by atoms with van der Waals surface area (Å²) >= 11 is 6.23. The van der Waals surface area contributed by atoms with Crippen molar-refractivity contribution in [2.45, 2.75) is 52.0 Å². The van der Waals surface area contributed by atoms with Gasteiger partial charge in [0, 0.05) is 16.6 Å². The Morgan fingerprint density at radius 2 is 2.00 bits per heavy atom. The van der Waals surface area contributed by atoms with E-state index in [1.807, 2.05) is 12.1 Å². The third-order valence-corrected chi connectivity index (χ3v) is 5.06. The quantitative estimate of drug-likeness (QED) is 0.800. The Hall–Kier alpha value is -0.730. The number of rotatable bonds is 6. The van der Waals surface area contributed by atoms with E-state index in [2.05, 4.69) is 25.2 Å². The van der Waals surface area contributed by atoms with E-state index in [0.29, 0.717) is 11.5 Å². The van der Waals surface area contributed by atoms with Crippen LogP contribution >= 0.6 is 11.6 Å². The molecule has 3 heteroatoms. The maximum atomic E-state index is 6.23. The summed E-state index contributed by atoms with van der Waals surface area (Å²) in [6.07, 6.45) is 6.44. The largest absolute Gasteiger partial charge is 0.496 e. The Morgan fingerprint density at radius 1 is 1.30 bits per heavy atom. The summed E-state index contributed by atoms with van der Waals surface area (Å²) in [7, 11) is 1.74. The molecule has 20 heavy (non-hydrogen) atoms. The van der Waals surface area contributed by atoms with E-state index in [9.17, 15) is 0 Å². The molecule has 1 saturated carbocycles. The first-order valence-corrected chi connectivity index (χ1v) is 8.11. The van der Waals surface area contributed by atoms with Gasteiger partial charge in [-0.3, -0.25) is 0 Å². The zero-order valence-electron chi connectivity index (χ0n) is 12.8. The number of nitrogens with one attached hydrogen (secondary N) is 1. The SMILES string of the molecule is CCNC(c1cc(Cl)ccc1OC)C1(CC)CCCC1. The third-order valence-electron chi connectivity index (χ3n) is 4.83. The number of methoxy groups -OCH3 is 1. The van der Waals surface area contributed by atoms with Crippen LogP contribution in [0.4, 0.5) is 0 Å². The summed E-state index contributed by atoms with van der Waals surface area (Å²) < 4.78 is 5.58. The van der Waals surface area contributed by atoms with Crippen molar-refractivity contribution in [3.63, 3.8) is 0 Å². The minimum Gasteiger partial charge on any atom is -0.496 e. The molecule has 0 radical (unpaired) electrons. The molecule has 0 bridgehead atoms. The molecule has 1 aliphatic carbocycles. The number of hydrogen-bond acceptors (Lipinski definition) is 2. The highest BCUT2D eigenvalue weighted by atomic mass is 35.5. The van der Waals surface area contributed by atoms with Crippen LogP contribution in [0.5, 0.6) is 5.75 Å². The molecule has 0 saturated heterocycles. The highest BCUT2D eigenvalue weighted by Gasteiger charge is 2.41. The number of benzene rings is 1. The molecule has 1 aromatic rings. The standard InChI is InChI=1S/C17H26ClNO/c1-4-17(10-6-7-11-17)16(19-5-2)14-12-13(18)8-9-15(14)20-3/h8-9,12,16,19H,4-7,10-11H2,1-3H3. The first kappa shape index (κ1) is 15.7. The lowest BCUT2D eigenvalue weighted by Crippen LogP contribution is -2.36. The molecule has 0 spiro atoms. The average Bonchev–Trinajstić information content (AvgIpc) is 2.94. The fourth-order valence-corrected chi connectivity index (χ4v) is 3.90. The molecule has 0 aliphatic heterocycles. The highest BCUT2D eigenvalue weighted by molar-refractivity contribution is 6.30. The van der Waals surface area contributed by atoms with E-state index in [-0.39, 0.29) is 0 Å². The molecule has 1 aliphatic rings. The predicted molar refractivity (Wildman–Crippen MR) is 85.6 cm³/mol. The topological polar surface area (TPSA) is 21.3 Å². The summed E-state index contributed by atoms with van der Waals surface area (Å²) in [4.78, 5) is 0. The van der Waals surface area contributed by atoms with Crippen molar-refractivity contribution in [2.24, 2.45) is 5.41 Å². The van der Waals surface area contributed by atoms with Crippen LogP contribution in [0.2, 0.25) is 5.02 Å². The fourth-order valence-electron chi connectivity index (χ4n) is 3.72. The summed E-state index contributed by atoms with van der Waals surface area (Å²) in [6, 6.07) is 6.29. The van der Waals surface area contributed by atoms with Gasteiger partial charge in [-0.05, 0) is 49.4 Å². The van der Waals surface area contributed by atoms with Crippen LogP contribution in [-0.2, 0) is 0 Å². The monoisotopic (exact) mass is 295 g/mol. The van der Waals surface area contributed by atoms with E-state index in [0.717, 1.165) is 17.3 Å². The number of halogens is 1. The third kappa shape index (κ3) is 2.96. The van der Waals surface area contributed by atoms with Crippen molar-refractivity contribution in [1.29, 1.82) is 0 Å².